The van der Waals surface area contributed by atoms with Crippen molar-refractivity contribution in [2.24, 2.45) is 5.10 Å². The van der Waals surface area contributed by atoms with Crippen LogP contribution in [0.5, 0.6) is 0 Å². The molecule has 1 aliphatic rings. The molecular formula is C10H10F2N2O3. The van der Waals surface area contributed by atoms with Gasteiger partial charge in [-0.15, -0.1) is 0 Å². The molecule has 2 rings (SSSR count). The van der Waals surface area contributed by atoms with E-state index in [9.17, 15) is 18.7 Å². The number of nitrogens with zero attached hydrogens (tertiary/aromatic N) is 2. The summed E-state index contributed by atoms with van der Waals surface area (Å²) in [6.07, 6.45) is -2.25. The van der Waals surface area contributed by atoms with E-state index in [1.807, 2.05) is 0 Å². The number of carbonyl (C=O) groups is 1. The summed E-state index contributed by atoms with van der Waals surface area (Å²) >= 11 is 0. The Hall–Kier alpha value is -1.76. The predicted octanol–water partition coefficient (Wildman–Crippen LogP) is 1.46. The van der Waals surface area contributed by atoms with Gasteiger partial charge in [0.2, 0.25) is 5.72 Å². The van der Waals surface area contributed by atoms with Gasteiger partial charge in [-0.3, -0.25) is 4.79 Å². The van der Waals surface area contributed by atoms with Crippen LogP contribution in [0.1, 0.15) is 23.9 Å². The molecule has 1 aliphatic heterocycles. The summed E-state index contributed by atoms with van der Waals surface area (Å²) in [6.45, 7) is 1.46. The standard InChI is InChI=1S/C10H10F2N2O3/c1-6-5-10(16,9(11)12)14(13-6)8(15)7-3-2-4-17-7/h2-4,9,16H,5H2,1H3. The van der Waals surface area contributed by atoms with E-state index in [2.05, 4.69) is 5.10 Å². The van der Waals surface area contributed by atoms with Crippen LogP contribution in [-0.2, 0) is 0 Å². The van der Waals surface area contributed by atoms with Crippen molar-refractivity contribution in [2.45, 2.75) is 25.5 Å². The highest BCUT2D eigenvalue weighted by molar-refractivity contribution is 5.95. The molecule has 1 amide bonds. The van der Waals surface area contributed by atoms with E-state index in [0.29, 0.717) is 5.01 Å². The van der Waals surface area contributed by atoms with Gasteiger partial charge in [-0.05, 0) is 19.1 Å². The first-order valence-electron chi connectivity index (χ1n) is 4.88. The molecule has 1 atom stereocenters. The van der Waals surface area contributed by atoms with Crippen molar-refractivity contribution in [3.8, 4) is 0 Å². The van der Waals surface area contributed by atoms with Crippen LogP contribution in [0.25, 0.3) is 0 Å². The zero-order chi connectivity index (χ0) is 12.6. The molecule has 2 heterocycles. The third-order valence-electron chi connectivity index (χ3n) is 2.43. The third-order valence-corrected chi connectivity index (χ3v) is 2.43. The van der Waals surface area contributed by atoms with Crippen LogP contribution in [0.15, 0.2) is 27.9 Å². The number of hydrazone groups is 1. The van der Waals surface area contributed by atoms with Crippen LogP contribution in [0.2, 0.25) is 0 Å². The lowest BCUT2D eigenvalue weighted by molar-refractivity contribution is -0.164. The fraction of sp³-hybridized carbons (Fsp3) is 0.400. The largest absolute Gasteiger partial charge is 0.459 e. The predicted molar refractivity (Wildman–Crippen MR) is 53.6 cm³/mol. The number of halogens is 2. The second kappa shape index (κ2) is 3.92. The Balaban J connectivity index is 2.33. The molecule has 1 aromatic heterocycles. The fourth-order valence-corrected chi connectivity index (χ4v) is 1.64. The van der Waals surface area contributed by atoms with Gasteiger partial charge in [0, 0.05) is 12.1 Å². The van der Waals surface area contributed by atoms with Crippen molar-refractivity contribution in [3.63, 3.8) is 0 Å². The van der Waals surface area contributed by atoms with Crippen LogP contribution in [0.3, 0.4) is 0 Å². The van der Waals surface area contributed by atoms with E-state index in [1.54, 1.807) is 0 Å². The van der Waals surface area contributed by atoms with Crippen molar-refractivity contribution >= 4 is 11.6 Å². The van der Waals surface area contributed by atoms with Crippen LogP contribution in [0.4, 0.5) is 8.78 Å². The van der Waals surface area contributed by atoms with Crippen LogP contribution in [0, 0.1) is 0 Å². The summed E-state index contributed by atoms with van der Waals surface area (Å²) in [5.41, 5.74) is -2.33. The minimum atomic E-state index is -3.11. The van der Waals surface area contributed by atoms with Gasteiger partial charge in [-0.25, -0.2) is 8.78 Å². The molecule has 17 heavy (non-hydrogen) atoms. The summed E-state index contributed by atoms with van der Waals surface area (Å²) in [5.74, 6) is -1.04. The van der Waals surface area contributed by atoms with E-state index in [-0.39, 0.29) is 17.9 Å². The molecule has 0 saturated heterocycles. The molecule has 5 nitrogen and oxygen atoms in total. The van der Waals surface area contributed by atoms with Gasteiger partial charge in [0.15, 0.2) is 5.76 Å². The van der Waals surface area contributed by atoms with Gasteiger partial charge in [-0.1, -0.05) is 0 Å². The van der Waals surface area contributed by atoms with Crippen molar-refractivity contribution in [1.29, 1.82) is 0 Å². The van der Waals surface area contributed by atoms with E-state index in [4.69, 9.17) is 4.42 Å². The molecule has 0 bridgehead atoms. The fourth-order valence-electron chi connectivity index (χ4n) is 1.64. The van der Waals surface area contributed by atoms with Crippen molar-refractivity contribution in [1.82, 2.24) is 5.01 Å². The number of rotatable bonds is 2. The van der Waals surface area contributed by atoms with E-state index in [1.165, 1.54) is 25.3 Å². The SMILES string of the molecule is CC1=NN(C(=O)c2ccco2)C(O)(C(F)F)C1. The van der Waals surface area contributed by atoms with Crippen molar-refractivity contribution in [2.75, 3.05) is 0 Å². The second-order valence-electron chi connectivity index (χ2n) is 3.79. The molecule has 0 radical (unpaired) electrons. The third kappa shape index (κ3) is 1.82. The Bertz CT molecular complexity index is 458. The molecule has 1 unspecified atom stereocenters. The maximum Gasteiger partial charge on any atom is 0.312 e. The lowest BCUT2D eigenvalue weighted by Gasteiger charge is -2.29. The highest BCUT2D eigenvalue weighted by Gasteiger charge is 2.51. The quantitative estimate of drug-likeness (QED) is 0.856. The van der Waals surface area contributed by atoms with Gasteiger partial charge >= 0.3 is 5.91 Å². The zero-order valence-electron chi connectivity index (χ0n) is 8.93. The highest BCUT2D eigenvalue weighted by Crippen LogP contribution is 2.32. The normalized spacial score (nSPS) is 24.3. The van der Waals surface area contributed by atoms with E-state index in [0.717, 1.165) is 0 Å². The maximum atomic E-state index is 12.8. The Morgan fingerprint density at radius 3 is 2.94 bits per heavy atom. The zero-order valence-corrected chi connectivity index (χ0v) is 8.93. The lowest BCUT2D eigenvalue weighted by atomic mass is 10.1. The van der Waals surface area contributed by atoms with Crippen LogP contribution >= 0.6 is 0 Å². The summed E-state index contributed by atoms with van der Waals surface area (Å²) in [7, 11) is 0. The minimum Gasteiger partial charge on any atom is -0.459 e. The average molecular weight is 244 g/mol. The number of hydrogen-bond donors (Lipinski definition) is 1. The molecule has 0 aliphatic carbocycles. The monoisotopic (exact) mass is 244 g/mol. The molecule has 1 aromatic rings. The average Bonchev–Trinajstić information content (AvgIpc) is 2.85. The topological polar surface area (TPSA) is 66.0 Å². The molecule has 0 aromatic carbocycles. The number of hydrogen-bond acceptors (Lipinski definition) is 4. The minimum absolute atomic E-state index is 0.150. The summed E-state index contributed by atoms with van der Waals surface area (Å²) < 4.78 is 30.4. The maximum absolute atomic E-state index is 12.8. The summed E-state index contributed by atoms with van der Waals surface area (Å²) in [5, 5.41) is 13.8. The Labute approximate surface area is 95.3 Å². The van der Waals surface area contributed by atoms with Gasteiger partial charge < -0.3 is 9.52 Å². The Morgan fingerprint density at radius 2 is 2.41 bits per heavy atom. The summed E-state index contributed by atoms with van der Waals surface area (Å²) in [6, 6.07) is 2.76. The Morgan fingerprint density at radius 1 is 1.71 bits per heavy atom. The number of aliphatic hydroxyl groups is 1. The first-order valence-corrected chi connectivity index (χ1v) is 4.88. The molecule has 92 valence electrons. The molecule has 0 spiro atoms. The smallest absolute Gasteiger partial charge is 0.312 e. The van der Waals surface area contributed by atoms with Crippen molar-refractivity contribution in [3.05, 3.63) is 24.2 Å². The number of alkyl halides is 2. The van der Waals surface area contributed by atoms with Crippen LogP contribution < -0.4 is 0 Å². The molecule has 0 fully saturated rings. The van der Waals surface area contributed by atoms with Crippen molar-refractivity contribution < 1.29 is 23.1 Å². The number of carbonyl (C=O) groups excluding carboxylic acids is 1. The van der Waals surface area contributed by atoms with Gasteiger partial charge in [0.1, 0.15) is 0 Å². The molecule has 0 saturated carbocycles. The highest BCUT2D eigenvalue weighted by atomic mass is 19.3. The second-order valence-corrected chi connectivity index (χ2v) is 3.79. The van der Waals surface area contributed by atoms with Gasteiger partial charge in [0.05, 0.1) is 6.26 Å². The molecule has 1 N–H and O–H groups in total. The number of furan rings is 1. The van der Waals surface area contributed by atoms with E-state index >= 15 is 0 Å². The van der Waals surface area contributed by atoms with Gasteiger partial charge in [-0.2, -0.15) is 10.1 Å². The molecular weight excluding hydrogens is 234 g/mol. The van der Waals surface area contributed by atoms with Gasteiger partial charge in [0.25, 0.3) is 6.43 Å². The Kier molecular flexibility index (Phi) is 2.70. The number of amides is 1. The van der Waals surface area contributed by atoms with Crippen LogP contribution in [-0.4, -0.2) is 33.9 Å². The van der Waals surface area contributed by atoms with E-state index < -0.39 is 18.1 Å². The lowest BCUT2D eigenvalue weighted by Crippen LogP contribution is -2.51. The first kappa shape index (κ1) is 11.7. The molecule has 7 heteroatoms. The first-order chi connectivity index (χ1) is 7.95. The summed E-state index contributed by atoms with van der Waals surface area (Å²) in [4.78, 5) is 11.8.